The molecule has 1 aliphatic rings. The van der Waals surface area contributed by atoms with Gasteiger partial charge in [0.2, 0.25) is 0 Å². The molecule has 0 radical (unpaired) electrons. The lowest BCUT2D eigenvalue weighted by Gasteiger charge is -2.32. The first-order valence-electron chi connectivity index (χ1n) is 6.95. The molecule has 0 aliphatic carbocycles. The minimum absolute atomic E-state index is 0.0507. The largest absolute Gasteiger partial charge is 0.438 e. The summed E-state index contributed by atoms with van der Waals surface area (Å²) in [7, 11) is 0. The molecule has 1 amide bonds. The van der Waals surface area contributed by atoms with E-state index in [0.717, 1.165) is 5.56 Å². The zero-order valence-corrected chi connectivity index (χ0v) is 12.3. The fraction of sp³-hybridized carbons (Fsp3) is 0.467. The van der Waals surface area contributed by atoms with Crippen LogP contribution in [-0.4, -0.2) is 33.6 Å². The highest BCUT2D eigenvalue weighted by atomic mass is 19.4. The van der Waals surface area contributed by atoms with E-state index in [2.05, 4.69) is 5.10 Å². The molecule has 1 N–H and O–H groups in total. The lowest BCUT2D eigenvalue weighted by atomic mass is 10.0. The molecular formula is C15H17F3N2O2. The topological polar surface area (TPSA) is 52.9 Å². The fourth-order valence-corrected chi connectivity index (χ4v) is 2.30. The zero-order valence-electron chi connectivity index (χ0n) is 12.3. The third kappa shape index (κ3) is 2.85. The summed E-state index contributed by atoms with van der Waals surface area (Å²) in [6.07, 6.45) is -4.80. The van der Waals surface area contributed by atoms with E-state index in [1.165, 1.54) is 12.1 Å². The van der Waals surface area contributed by atoms with Crippen LogP contribution in [0.2, 0.25) is 0 Å². The molecule has 1 aromatic rings. The van der Waals surface area contributed by atoms with Crippen molar-refractivity contribution in [3.05, 3.63) is 35.4 Å². The van der Waals surface area contributed by atoms with Crippen LogP contribution in [0.1, 0.15) is 42.1 Å². The van der Waals surface area contributed by atoms with E-state index in [0.29, 0.717) is 12.8 Å². The van der Waals surface area contributed by atoms with E-state index in [4.69, 9.17) is 0 Å². The average Bonchev–Trinajstić information content (AvgIpc) is 2.77. The van der Waals surface area contributed by atoms with Crippen LogP contribution >= 0.6 is 0 Å². The van der Waals surface area contributed by atoms with Gasteiger partial charge in [-0.2, -0.15) is 23.3 Å². The number of rotatable bonds is 3. The van der Waals surface area contributed by atoms with Crippen LogP contribution in [0.4, 0.5) is 13.2 Å². The van der Waals surface area contributed by atoms with Crippen molar-refractivity contribution in [2.24, 2.45) is 5.10 Å². The Bertz CT molecular complexity index is 596. The Balaban J connectivity index is 2.39. The number of carbonyl (C=O) groups excluding carboxylic acids is 1. The Hall–Kier alpha value is -1.89. The summed E-state index contributed by atoms with van der Waals surface area (Å²) >= 11 is 0. The Kier molecular flexibility index (Phi) is 4.28. The molecule has 1 aromatic carbocycles. The molecule has 0 bridgehead atoms. The number of halogens is 3. The third-order valence-corrected chi connectivity index (χ3v) is 3.53. The predicted octanol–water partition coefficient (Wildman–Crippen LogP) is 3.25. The monoisotopic (exact) mass is 314 g/mol. The molecule has 1 heterocycles. The molecule has 22 heavy (non-hydrogen) atoms. The van der Waals surface area contributed by atoms with E-state index < -0.39 is 24.2 Å². The van der Waals surface area contributed by atoms with Gasteiger partial charge in [-0.3, -0.25) is 4.79 Å². The number of hydrogen-bond donors (Lipinski definition) is 1. The summed E-state index contributed by atoms with van der Waals surface area (Å²) in [5, 5.41) is 13.9. The van der Waals surface area contributed by atoms with Gasteiger partial charge in [-0.1, -0.05) is 31.0 Å². The van der Waals surface area contributed by atoms with Crippen LogP contribution in [0.3, 0.4) is 0 Å². The highest BCUT2D eigenvalue weighted by molar-refractivity contribution is 5.98. The number of benzene rings is 1. The third-order valence-electron chi connectivity index (χ3n) is 3.53. The predicted molar refractivity (Wildman–Crippen MR) is 75.3 cm³/mol. The van der Waals surface area contributed by atoms with Gasteiger partial charge in [0.1, 0.15) is 0 Å². The van der Waals surface area contributed by atoms with Gasteiger partial charge in [-0.05, 0) is 25.5 Å². The first-order chi connectivity index (χ1) is 10.2. The zero-order chi connectivity index (χ0) is 16.5. The van der Waals surface area contributed by atoms with E-state index in [1.807, 2.05) is 0 Å². The summed E-state index contributed by atoms with van der Waals surface area (Å²) < 4.78 is 39.7. The Morgan fingerprint density at radius 1 is 1.36 bits per heavy atom. The smallest absolute Gasteiger partial charge is 0.362 e. The molecule has 0 unspecified atom stereocenters. The minimum atomic E-state index is -4.98. The number of hydrogen-bond acceptors (Lipinski definition) is 3. The molecule has 2 rings (SSSR count). The number of aryl methyl sites for hydroxylation is 1. The van der Waals surface area contributed by atoms with Gasteiger partial charge in [0.15, 0.2) is 0 Å². The second-order valence-corrected chi connectivity index (χ2v) is 5.39. The van der Waals surface area contributed by atoms with E-state index in [9.17, 15) is 23.1 Å². The summed E-state index contributed by atoms with van der Waals surface area (Å²) in [4.78, 5) is 12.3. The van der Waals surface area contributed by atoms with Gasteiger partial charge in [0, 0.05) is 17.7 Å². The van der Waals surface area contributed by atoms with E-state index in [-0.39, 0.29) is 16.3 Å². The molecule has 0 aromatic heterocycles. The maximum absolute atomic E-state index is 13.2. The molecule has 0 saturated carbocycles. The summed E-state index contributed by atoms with van der Waals surface area (Å²) in [6.45, 7) is 3.59. The summed E-state index contributed by atoms with van der Waals surface area (Å²) in [5.74, 6) is -0.967. The number of amides is 1. The average molecular weight is 314 g/mol. The number of aliphatic hydroxyl groups is 1. The Labute approximate surface area is 126 Å². The number of alkyl halides is 3. The Morgan fingerprint density at radius 3 is 2.45 bits per heavy atom. The Morgan fingerprint density at radius 2 is 1.95 bits per heavy atom. The van der Waals surface area contributed by atoms with Crippen LogP contribution in [0, 0.1) is 6.92 Å². The van der Waals surface area contributed by atoms with Gasteiger partial charge >= 0.3 is 6.18 Å². The molecule has 0 fully saturated rings. The van der Waals surface area contributed by atoms with Gasteiger partial charge < -0.3 is 5.11 Å². The molecule has 120 valence electrons. The van der Waals surface area contributed by atoms with Crippen molar-refractivity contribution in [2.45, 2.75) is 45.0 Å². The molecule has 7 heteroatoms. The van der Waals surface area contributed by atoms with Crippen LogP contribution in [0.15, 0.2) is 29.4 Å². The summed E-state index contributed by atoms with van der Waals surface area (Å²) in [6, 6.07) is 6.07. The number of hydrazone groups is 1. The van der Waals surface area contributed by atoms with Crippen molar-refractivity contribution in [2.75, 3.05) is 0 Å². The van der Waals surface area contributed by atoms with Crippen LogP contribution < -0.4 is 0 Å². The molecule has 1 atom stereocenters. The molecule has 0 saturated heterocycles. The minimum Gasteiger partial charge on any atom is -0.362 e. The van der Waals surface area contributed by atoms with Gasteiger partial charge in [0.05, 0.1) is 0 Å². The standard InChI is InChI=1S/C15H17F3N2O2/c1-3-4-12-9-14(22,15(16,17)18)20(19-12)13(21)11-7-5-10(2)6-8-11/h5-8,22H,3-4,9H2,1-2H3/t14-/m0/s1. The lowest BCUT2D eigenvalue weighted by Crippen LogP contribution is -2.56. The van der Waals surface area contributed by atoms with Gasteiger partial charge in [-0.15, -0.1) is 0 Å². The first-order valence-corrected chi connectivity index (χ1v) is 6.95. The van der Waals surface area contributed by atoms with Crippen LogP contribution in [-0.2, 0) is 0 Å². The van der Waals surface area contributed by atoms with Crippen LogP contribution in [0.25, 0.3) is 0 Å². The van der Waals surface area contributed by atoms with E-state index >= 15 is 0 Å². The number of nitrogens with zero attached hydrogens (tertiary/aromatic N) is 2. The highest BCUT2D eigenvalue weighted by Crippen LogP contribution is 2.41. The van der Waals surface area contributed by atoms with Crippen molar-refractivity contribution in [3.8, 4) is 0 Å². The lowest BCUT2D eigenvalue weighted by molar-refractivity contribution is -0.297. The summed E-state index contributed by atoms with van der Waals surface area (Å²) in [5.41, 5.74) is -2.18. The van der Waals surface area contributed by atoms with Crippen molar-refractivity contribution < 1.29 is 23.1 Å². The van der Waals surface area contributed by atoms with Gasteiger partial charge in [0.25, 0.3) is 11.6 Å². The molecule has 4 nitrogen and oxygen atoms in total. The number of carbonyl (C=O) groups is 1. The molecule has 1 aliphatic heterocycles. The van der Waals surface area contributed by atoms with Crippen molar-refractivity contribution in [3.63, 3.8) is 0 Å². The normalized spacial score (nSPS) is 21.9. The fourth-order valence-electron chi connectivity index (χ4n) is 2.30. The second kappa shape index (κ2) is 5.72. The van der Waals surface area contributed by atoms with Crippen molar-refractivity contribution >= 4 is 11.6 Å². The maximum Gasteiger partial charge on any atom is 0.438 e. The highest BCUT2D eigenvalue weighted by Gasteiger charge is 2.63. The quantitative estimate of drug-likeness (QED) is 0.931. The maximum atomic E-state index is 13.2. The van der Waals surface area contributed by atoms with E-state index in [1.54, 1.807) is 26.0 Å². The first kappa shape index (κ1) is 16.5. The van der Waals surface area contributed by atoms with Crippen molar-refractivity contribution in [1.29, 1.82) is 0 Å². The molecular weight excluding hydrogens is 297 g/mol. The van der Waals surface area contributed by atoms with Crippen LogP contribution in [0.5, 0.6) is 0 Å². The molecule has 0 spiro atoms. The van der Waals surface area contributed by atoms with Gasteiger partial charge in [-0.25, -0.2) is 0 Å². The van der Waals surface area contributed by atoms with Crippen molar-refractivity contribution in [1.82, 2.24) is 5.01 Å². The second-order valence-electron chi connectivity index (χ2n) is 5.39. The SMILES string of the molecule is CCCC1=NN(C(=O)c2ccc(C)cc2)[C@@](O)(C(F)(F)F)C1.